The summed E-state index contributed by atoms with van der Waals surface area (Å²) in [5.41, 5.74) is 0.239. The first kappa shape index (κ1) is 13.1. The van der Waals surface area contributed by atoms with Gasteiger partial charge in [0.2, 0.25) is 0 Å². The van der Waals surface area contributed by atoms with Crippen molar-refractivity contribution in [2.75, 3.05) is 13.1 Å². The van der Waals surface area contributed by atoms with E-state index in [9.17, 15) is 0 Å². The van der Waals surface area contributed by atoms with Gasteiger partial charge in [0.25, 0.3) is 0 Å². The second kappa shape index (κ2) is 5.09. The summed E-state index contributed by atoms with van der Waals surface area (Å²) < 4.78 is 0. The Morgan fingerprint density at radius 1 is 1.53 bits per heavy atom. The largest absolute Gasteiger partial charge is 0.309 e. The fraction of sp³-hybridized carbons (Fsp3) is 0.714. The molecule has 0 radical (unpaired) electrons. The maximum Gasteiger partial charge on any atom is 0.0332 e. The molecule has 0 amide bonds. The van der Waals surface area contributed by atoms with Gasteiger partial charge in [-0.3, -0.25) is 4.90 Å². The minimum absolute atomic E-state index is 0.239. The molecule has 1 N–H and O–H groups in total. The zero-order valence-electron chi connectivity index (χ0n) is 11.4. The van der Waals surface area contributed by atoms with Crippen LogP contribution in [-0.4, -0.2) is 29.6 Å². The smallest absolute Gasteiger partial charge is 0.0332 e. The lowest BCUT2D eigenvalue weighted by atomic mass is 9.93. The Morgan fingerprint density at radius 3 is 2.88 bits per heavy atom. The van der Waals surface area contributed by atoms with Crippen molar-refractivity contribution >= 4 is 11.3 Å². The number of nitrogens with zero attached hydrogens (tertiary/aromatic N) is 1. The molecule has 1 atom stereocenters. The van der Waals surface area contributed by atoms with E-state index in [0.29, 0.717) is 12.0 Å². The van der Waals surface area contributed by atoms with Gasteiger partial charge in [-0.25, -0.2) is 0 Å². The van der Waals surface area contributed by atoms with Gasteiger partial charge in [0.1, 0.15) is 0 Å². The highest BCUT2D eigenvalue weighted by molar-refractivity contribution is 7.09. The molecule has 1 aromatic rings. The standard InChI is InChI=1S/C14H24N2S/c1-11(2)13-8-15-14(3,4)10-16(13)9-12-6-5-7-17-12/h5-7,11,13,15H,8-10H2,1-4H3. The van der Waals surface area contributed by atoms with E-state index in [-0.39, 0.29) is 5.54 Å². The average molecular weight is 252 g/mol. The number of hydrogen-bond donors (Lipinski definition) is 1. The second-order valence-electron chi connectivity index (χ2n) is 6.06. The van der Waals surface area contributed by atoms with Crippen LogP contribution in [0.3, 0.4) is 0 Å². The fourth-order valence-electron chi connectivity index (χ4n) is 2.62. The van der Waals surface area contributed by atoms with Crippen LogP contribution < -0.4 is 5.32 Å². The maximum absolute atomic E-state index is 3.66. The lowest BCUT2D eigenvalue weighted by molar-refractivity contribution is 0.0636. The molecule has 96 valence electrons. The summed E-state index contributed by atoms with van der Waals surface area (Å²) in [5, 5.41) is 5.83. The summed E-state index contributed by atoms with van der Waals surface area (Å²) in [4.78, 5) is 4.13. The zero-order valence-corrected chi connectivity index (χ0v) is 12.2. The van der Waals surface area contributed by atoms with Gasteiger partial charge >= 0.3 is 0 Å². The molecule has 0 saturated carbocycles. The average Bonchev–Trinajstić information content (AvgIpc) is 2.68. The van der Waals surface area contributed by atoms with Gasteiger partial charge in [0, 0.05) is 36.1 Å². The van der Waals surface area contributed by atoms with Crippen LogP contribution in [-0.2, 0) is 6.54 Å². The van der Waals surface area contributed by atoms with Crippen molar-refractivity contribution < 1.29 is 0 Å². The summed E-state index contributed by atoms with van der Waals surface area (Å²) in [6.07, 6.45) is 0. The molecule has 0 aliphatic carbocycles. The summed E-state index contributed by atoms with van der Waals surface area (Å²) in [5.74, 6) is 0.707. The Bertz CT molecular complexity index is 343. The van der Waals surface area contributed by atoms with Crippen LogP contribution in [0.1, 0.15) is 32.6 Å². The molecule has 1 aliphatic rings. The van der Waals surface area contributed by atoms with Crippen LogP contribution in [0.15, 0.2) is 17.5 Å². The normalized spacial score (nSPS) is 25.4. The quantitative estimate of drug-likeness (QED) is 0.890. The van der Waals surface area contributed by atoms with Crippen molar-refractivity contribution in [1.82, 2.24) is 10.2 Å². The Balaban J connectivity index is 2.08. The predicted molar refractivity (Wildman–Crippen MR) is 75.4 cm³/mol. The third-order valence-electron chi connectivity index (χ3n) is 3.57. The molecule has 2 heterocycles. The molecule has 1 aliphatic heterocycles. The molecule has 0 aromatic carbocycles. The molecule has 1 saturated heterocycles. The third kappa shape index (κ3) is 3.30. The highest BCUT2D eigenvalue weighted by Crippen LogP contribution is 2.23. The molecule has 1 aromatic heterocycles. The predicted octanol–water partition coefficient (Wildman–Crippen LogP) is 2.96. The van der Waals surface area contributed by atoms with Gasteiger partial charge in [-0.1, -0.05) is 19.9 Å². The summed E-state index contributed by atoms with van der Waals surface area (Å²) in [6.45, 7) is 12.6. The number of hydrogen-bond acceptors (Lipinski definition) is 3. The third-order valence-corrected chi connectivity index (χ3v) is 4.43. The molecule has 1 unspecified atom stereocenters. The number of thiophene rings is 1. The van der Waals surface area contributed by atoms with Crippen molar-refractivity contribution in [3.63, 3.8) is 0 Å². The van der Waals surface area contributed by atoms with E-state index in [0.717, 1.165) is 19.6 Å². The first-order valence-electron chi connectivity index (χ1n) is 6.49. The van der Waals surface area contributed by atoms with E-state index in [1.807, 2.05) is 11.3 Å². The van der Waals surface area contributed by atoms with Gasteiger partial charge in [0.05, 0.1) is 0 Å². The van der Waals surface area contributed by atoms with E-state index < -0.39 is 0 Å². The van der Waals surface area contributed by atoms with Crippen LogP contribution in [0.2, 0.25) is 0 Å². The molecule has 1 fully saturated rings. The molecular weight excluding hydrogens is 228 g/mol. The van der Waals surface area contributed by atoms with E-state index in [4.69, 9.17) is 0 Å². The molecular formula is C14H24N2S. The van der Waals surface area contributed by atoms with Crippen molar-refractivity contribution in [1.29, 1.82) is 0 Å². The Labute approximate surface area is 109 Å². The molecule has 2 rings (SSSR count). The highest BCUT2D eigenvalue weighted by atomic mass is 32.1. The summed E-state index contributed by atoms with van der Waals surface area (Å²) in [7, 11) is 0. The first-order chi connectivity index (χ1) is 7.98. The number of piperazine rings is 1. The maximum atomic E-state index is 3.66. The Hall–Kier alpha value is -0.380. The van der Waals surface area contributed by atoms with Gasteiger partial charge in [-0.05, 0) is 31.2 Å². The minimum atomic E-state index is 0.239. The molecule has 2 nitrogen and oxygen atoms in total. The number of rotatable bonds is 3. The Kier molecular flexibility index (Phi) is 3.91. The zero-order chi connectivity index (χ0) is 12.5. The minimum Gasteiger partial charge on any atom is -0.309 e. The van der Waals surface area contributed by atoms with Gasteiger partial charge < -0.3 is 5.32 Å². The van der Waals surface area contributed by atoms with Crippen LogP contribution in [0.4, 0.5) is 0 Å². The van der Waals surface area contributed by atoms with Crippen LogP contribution in [0.5, 0.6) is 0 Å². The lowest BCUT2D eigenvalue weighted by Crippen LogP contribution is -2.62. The fourth-order valence-corrected chi connectivity index (χ4v) is 3.35. The second-order valence-corrected chi connectivity index (χ2v) is 7.09. The first-order valence-corrected chi connectivity index (χ1v) is 7.37. The topological polar surface area (TPSA) is 15.3 Å². The van der Waals surface area contributed by atoms with E-state index in [1.54, 1.807) is 0 Å². The van der Waals surface area contributed by atoms with Crippen molar-refractivity contribution in [2.24, 2.45) is 5.92 Å². The molecule has 17 heavy (non-hydrogen) atoms. The van der Waals surface area contributed by atoms with E-state index >= 15 is 0 Å². The van der Waals surface area contributed by atoms with E-state index in [1.165, 1.54) is 4.88 Å². The lowest BCUT2D eigenvalue weighted by Gasteiger charge is -2.46. The van der Waals surface area contributed by atoms with Crippen LogP contribution in [0.25, 0.3) is 0 Å². The number of nitrogens with one attached hydrogen (secondary N) is 1. The molecule has 0 bridgehead atoms. The van der Waals surface area contributed by atoms with Crippen molar-refractivity contribution in [3.8, 4) is 0 Å². The van der Waals surface area contributed by atoms with Gasteiger partial charge in [-0.2, -0.15) is 0 Å². The van der Waals surface area contributed by atoms with Crippen molar-refractivity contribution in [3.05, 3.63) is 22.4 Å². The van der Waals surface area contributed by atoms with Crippen LogP contribution in [0, 0.1) is 5.92 Å². The van der Waals surface area contributed by atoms with Gasteiger partial charge in [0.15, 0.2) is 0 Å². The molecule has 3 heteroatoms. The highest BCUT2D eigenvalue weighted by Gasteiger charge is 2.33. The Morgan fingerprint density at radius 2 is 2.29 bits per heavy atom. The summed E-state index contributed by atoms with van der Waals surface area (Å²) >= 11 is 1.87. The van der Waals surface area contributed by atoms with Gasteiger partial charge in [-0.15, -0.1) is 11.3 Å². The van der Waals surface area contributed by atoms with Crippen molar-refractivity contribution in [2.45, 2.75) is 45.8 Å². The molecule has 0 spiro atoms. The van der Waals surface area contributed by atoms with Crippen LogP contribution >= 0.6 is 11.3 Å². The summed E-state index contributed by atoms with van der Waals surface area (Å²) in [6, 6.07) is 5.06. The van der Waals surface area contributed by atoms with E-state index in [2.05, 4.69) is 55.4 Å². The monoisotopic (exact) mass is 252 g/mol. The SMILES string of the molecule is CC(C)C1CNC(C)(C)CN1Cc1cccs1.